The Morgan fingerprint density at radius 2 is 1.95 bits per heavy atom. The van der Waals surface area contributed by atoms with Gasteiger partial charge in [-0.2, -0.15) is 0 Å². The van der Waals surface area contributed by atoms with E-state index in [4.69, 9.17) is 4.74 Å². The number of ether oxygens (including phenoxy) is 1. The number of nitrogens with zero attached hydrogens (tertiary/aromatic N) is 1. The van der Waals surface area contributed by atoms with Crippen LogP contribution in [0.2, 0.25) is 0 Å². The van der Waals surface area contributed by atoms with E-state index >= 15 is 0 Å². The van der Waals surface area contributed by atoms with Gasteiger partial charge in [-0.15, -0.1) is 0 Å². The van der Waals surface area contributed by atoms with Crippen LogP contribution in [-0.2, 0) is 9.53 Å². The van der Waals surface area contributed by atoms with Gasteiger partial charge in [0.05, 0.1) is 6.61 Å². The number of hydrogen-bond acceptors (Lipinski definition) is 4. The fourth-order valence-corrected chi connectivity index (χ4v) is 2.92. The Hall–Kier alpha value is -0.610. The van der Waals surface area contributed by atoms with E-state index in [0.717, 1.165) is 32.4 Å². The number of esters is 1. The van der Waals surface area contributed by atoms with E-state index in [-0.39, 0.29) is 12.0 Å². The highest BCUT2D eigenvalue weighted by atomic mass is 16.5. The summed E-state index contributed by atoms with van der Waals surface area (Å²) in [7, 11) is 2.11. The summed E-state index contributed by atoms with van der Waals surface area (Å²) in [6.45, 7) is 12.8. The normalized spacial score (nSPS) is 18.3. The van der Waals surface area contributed by atoms with Crippen LogP contribution in [0.5, 0.6) is 0 Å². The maximum atomic E-state index is 12.6. The average molecular weight is 298 g/mol. The van der Waals surface area contributed by atoms with Crippen LogP contribution in [0.15, 0.2) is 0 Å². The van der Waals surface area contributed by atoms with Gasteiger partial charge in [0.1, 0.15) is 5.54 Å². The zero-order valence-corrected chi connectivity index (χ0v) is 14.7. The third kappa shape index (κ3) is 5.59. The molecule has 0 heterocycles. The number of carbonyl (C=O) groups is 1. The van der Waals surface area contributed by atoms with Gasteiger partial charge in [-0.05, 0) is 65.5 Å². The Kier molecular flexibility index (Phi) is 7.14. The Bertz CT molecular complexity index is 327. The Morgan fingerprint density at radius 1 is 1.33 bits per heavy atom. The van der Waals surface area contributed by atoms with Crippen LogP contribution in [0.4, 0.5) is 0 Å². The van der Waals surface area contributed by atoms with Gasteiger partial charge < -0.3 is 9.64 Å². The van der Waals surface area contributed by atoms with Crippen molar-refractivity contribution >= 4 is 5.97 Å². The molecule has 1 rings (SSSR count). The molecule has 0 amide bonds. The first-order valence-corrected chi connectivity index (χ1v) is 8.45. The van der Waals surface area contributed by atoms with E-state index < -0.39 is 5.54 Å². The molecule has 1 atom stereocenters. The van der Waals surface area contributed by atoms with Gasteiger partial charge in [0, 0.05) is 12.6 Å². The summed E-state index contributed by atoms with van der Waals surface area (Å²) in [6.07, 6.45) is 3.40. The van der Waals surface area contributed by atoms with Crippen LogP contribution in [0.3, 0.4) is 0 Å². The van der Waals surface area contributed by atoms with Gasteiger partial charge in [-0.25, -0.2) is 4.79 Å². The topological polar surface area (TPSA) is 41.6 Å². The SMILES string of the molecule is CCOC(=O)C(CN(C)CCC(C)C)(NC(C)C)C1CC1. The highest BCUT2D eigenvalue weighted by Crippen LogP contribution is 2.41. The lowest BCUT2D eigenvalue weighted by Crippen LogP contribution is -2.62. The van der Waals surface area contributed by atoms with E-state index in [1.165, 1.54) is 0 Å². The maximum Gasteiger partial charge on any atom is 0.327 e. The zero-order chi connectivity index (χ0) is 16.0. The summed E-state index contributed by atoms with van der Waals surface area (Å²) in [5.41, 5.74) is -0.532. The van der Waals surface area contributed by atoms with Crippen LogP contribution >= 0.6 is 0 Å². The molecule has 1 aliphatic carbocycles. The molecule has 1 aliphatic rings. The monoisotopic (exact) mass is 298 g/mol. The molecule has 124 valence electrons. The molecule has 0 spiro atoms. The Labute approximate surface area is 130 Å². The largest absolute Gasteiger partial charge is 0.465 e. The first kappa shape index (κ1) is 18.4. The van der Waals surface area contributed by atoms with Crippen molar-refractivity contribution in [3.05, 3.63) is 0 Å². The lowest BCUT2D eigenvalue weighted by atomic mass is 9.91. The molecule has 0 aromatic heterocycles. The number of likely N-dealkylation sites (N-methyl/N-ethyl adjacent to an activating group) is 1. The predicted octanol–water partition coefficient (Wildman–Crippen LogP) is 2.67. The fraction of sp³-hybridized carbons (Fsp3) is 0.941. The zero-order valence-electron chi connectivity index (χ0n) is 14.7. The summed E-state index contributed by atoms with van der Waals surface area (Å²) in [4.78, 5) is 14.9. The molecular formula is C17H34N2O2. The van der Waals surface area contributed by atoms with Crippen LogP contribution in [0.1, 0.15) is 53.9 Å². The van der Waals surface area contributed by atoms with Crippen LogP contribution in [0, 0.1) is 11.8 Å². The molecule has 4 heteroatoms. The number of hydrogen-bond donors (Lipinski definition) is 1. The number of rotatable bonds is 10. The standard InChI is InChI=1S/C17H34N2O2/c1-7-21-16(20)17(15-8-9-15,18-14(4)5)12-19(6)11-10-13(2)3/h13-15,18H,7-12H2,1-6H3. The van der Waals surface area contributed by atoms with E-state index in [1.54, 1.807) is 0 Å². The minimum atomic E-state index is -0.532. The van der Waals surface area contributed by atoms with Gasteiger partial charge in [-0.1, -0.05) is 13.8 Å². The molecule has 0 saturated heterocycles. The first-order chi connectivity index (χ1) is 9.81. The van der Waals surface area contributed by atoms with Crippen molar-refractivity contribution in [1.29, 1.82) is 0 Å². The maximum absolute atomic E-state index is 12.6. The first-order valence-electron chi connectivity index (χ1n) is 8.45. The van der Waals surface area contributed by atoms with Crippen LogP contribution in [-0.4, -0.2) is 49.2 Å². The van der Waals surface area contributed by atoms with Crippen molar-refractivity contribution in [2.24, 2.45) is 11.8 Å². The number of nitrogens with one attached hydrogen (secondary N) is 1. The molecule has 0 radical (unpaired) electrons. The molecule has 0 aromatic carbocycles. The summed E-state index contributed by atoms with van der Waals surface area (Å²) in [5, 5.41) is 3.54. The molecule has 1 fully saturated rings. The second-order valence-electron chi connectivity index (χ2n) is 7.19. The minimum Gasteiger partial charge on any atom is -0.465 e. The van der Waals surface area contributed by atoms with Crippen molar-refractivity contribution in [1.82, 2.24) is 10.2 Å². The lowest BCUT2D eigenvalue weighted by Gasteiger charge is -2.38. The summed E-state index contributed by atoms with van der Waals surface area (Å²) in [5.74, 6) is 1.03. The van der Waals surface area contributed by atoms with E-state index in [0.29, 0.717) is 18.4 Å². The summed E-state index contributed by atoms with van der Waals surface area (Å²) < 4.78 is 5.41. The third-order valence-electron chi connectivity index (χ3n) is 4.07. The third-order valence-corrected chi connectivity index (χ3v) is 4.07. The van der Waals surface area contributed by atoms with Crippen molar-refractivity contribution in [2.75, 3.05) is 26.7 Å². The van der Waals surface area contributed by atoms with Gasteiger partial charge >= 0.3 is 5.97 Å². The highest BCUT2D eigenvalue weighted by molar-refractivity contribution is 5.82. The fourth-order valence-electron chi connectivity index (χ4n) is 2.92. The lowest BCUT2D eigenvalue weighted by molar-refractivity contribution is -0.153. The van der Waals surface area contributed by atoms with E-state index in [1.807, 2.05) is 6.92 Å². The van der Waals surface area contributed by atoms with Gasteiger partial charge in [-0.3, -0.25) is 5.32 Å². The second-order valence-corrected chi connectivity index (χ2v) is 7.19. The van der Waals surface area contributed by atoms with Crippen molar-refractivity contribution in [2.45, 2.75) is 65.5 Å². The summed E-state index contributed by atoms with van der Waals surface area (Å²) >= 11 is 0. The minimum absolute atomic E-state index is 0.0717. The van der Waals surface area contributed by atoms with E-state index in [2.05, 4.69) is 45.0 Å². The molecule has 1 unspecified atom stereocenters. The Morgan fingerprint density at radius 3 is 2.38 bits per heavy atom. The molecule has 0 aliphatic heterocycles. The average Bonchev–Trinajstić information content (AvgIpc) is 3.19. The smallest absolute Gasteiger partial charge is 0.327 e. The van der Waals surface area contributed by atoms with Crippen molar-refractivity contribution < 1.29 is 9.53 Å². The van der Waals surface area contributed by atoms with Gasteiger partial charge in [0.25, 0.3) is 0 Å². The van der Waals surface area contributed by atoms with Crippen molar-refractivity contribution in [3.8, 4) is 0 Å². The molecule has 0 bridgehead atoms. The predicted molar refractivity (Wildman–Crippen MR) is 87.3 cm³/mol. The molecule has 1 saturated carbocycles. The highest BCUT2D eigenvalue weighted by Gasteiger charge is 2.52. The quantitative estimate of drug-likeness (QED) is 0.630. The molecule has 4 nitrogen and oxygen atoms in total. The van der Waals surface area contributed by atoms with Gasteiger partial charge in [0.15, 0.2) is 0 Å². The van der Waals surface area contributed by atoms with Crippen LogP contribution in [0.25, 0.3) is 0 Å². The molecular weight excluding hydrogens is 264 g/mol. The van der Waals surface area contributed by atoms with Crippen LogP contribution < -0.4 is 5.32 Å². The van der Waals surface area contributed by atoms with Gasteiger partial charge in [0.2, 0.25) is 0 Å². The summed E-state index contributed by atoms with van der Waals surface area (Å²) in [6, 6.07) is 0.272. The van der Waals surface area contributed by atoms with E-state index in [9.17, 15) is 4.79 Å². The molecule has 0 aromatic rings. The van der Waals surface area contributed by atoms with Crippen molar-refractivity contribution in [3.63, 3.8) is 0 Å². The molecule has 21 heavy (non-hydrogen) atoms. The second kappa shape index (κ2) is 8.14. The molecule has 1 N–H and O–H groups in total. The number of carbonyl (C=O) groups excluding carboxylic acids is 1. The Balaban J connectivity index is 2.81.